The summed E-state index contributed by atoms with van der Waals surface area (Å²) in [5, 5.41) is 4.88. The van der Waals surface area contributed by atoms with Crippen molar-refractivity contribution >= 4 is 32.8 Å². The molecule has 0 spiro atoms. The summed E-state index contributed by atoms with van der Waals surface area (Å²) in [6.45, 7) is 0. The van der Waals surface area contributed by atoms with E-state index in [0.29, 0.717) is 0 Å². The van der Waals surface area contributed by atoms with Crippen molar-refractivity contribution in [3.05, 3.63) is 84.9 Å². The highest BCUT2D eigenvalue weighted by atomic mass is 32.1. The molecule has 0 radical (unpaired) electrons. The molecule has 0 saturated carbocycles. The van der Waals surface area contributed by atoms with Crippen LogP contribution in [0.25, 0.3) is 20.5 Å². The number of anilines is 2. The van der Waals surface area contributed by atoms with E-state index in [0.717, 1.165) is 5.69 Å². The van der Waals surface area contributed by atoms with E-state index in [1.807, 2.05) is 17.4 Å². The van der Waals surface area contributed by atoms with E-state index in [-0.39, 0.29) is 0 Å². The number of para-hydroxylation sites is 1. The molecule has 0 bridgehead atoms. The molecule has 0 aliphatic heterocycles. The largest absolute Gasteiger partial charge is 0.354 e. The number of rotatable bonds is 3. The van der Waals surface area contributed by atoms with E-state index >= 15 is 0 Å². The van der Waals surface area contributed by atoms with Crippen molar-refractivity contribution in [2.24, 2.45) is 0 Å². The smallest absolute Gasteiger partial charge is 0.0653 e. The molecule has 106 valence electrons. The summed E-state index contributed by atoms with van der Waals surface area (Å²) in [6.07, 6.45) is 0. The summed E-state index contributed by atoms with van der Waals surface area (Å²) in [4.78, 5) is 1.28. The fraction of sp³-hybridized carbons (Fsp3) is 0. The van der Waals surface area contributed by atoms with Crippen LogP contribution in [-0.2, 0) is 0 Å². The predicted molar refractivity (Wildman–Crippen MR) is 97.0 cm³/mol. The Labute approximate surface area is 133 Å². The Morgan fingerprint density at radius 3 is 2.05 bits per heavy atom. The molecule has 1 nitrogen and oxygen atoms in total. The van der Waals surface area contributed by atoms with Crippen LogP contribution in [-0.4, -0.2) is 0 Å². The average molecular weight is 301 g/mol. The topological polar surface area (TPSA) is 12.0 Å². The van der Waals surface area contributed by atoms with E-state index < -0.39 is 0 Å². The van der Waals surface area contributed by atoms with Crippen molar-refractivity contribution in [2.75, 3.05) is 5.32 Å². The van der Waals surface area contributed by atoms with E-state index in [2.05, 4.69) is 84.2 Å². The molecular formula is C20H15NS. The maximum absolute atomic E-state index is 3.60. The highest BCUT2D eigenvalue weighted by Crippen LogP contribution is 2.43. The lowest BCUT2D eigenvalue weighted by Gasteiger charge is -2.08. The van der Waals surface area contributed by atoms with Crippen molar-refractivity contribution in [3.63, 3.8) is 0 Å². The van der Waals surface area contributed by atoms with Crippen LogP contribution in [0.15, 0.2) is 84.9 Å². The molecule has 1 N–H and O–H groups in total. The van der Waals surface area contributed by atoms with Gasteiger partial charge in [-0.15, -0.1) is 11.3 Å². The molecule has 1 aromatic heterocycles. The Hall–Kier alpha value is -2.58. The summed E-state index contributed by atoms with van der Waals surface area (Å²) in [5.74, 6) is 0. The zero-order valence-electron chi connectivity index (χ0n) is 12.0. The molecular weight excluding hydrogens is 286 g/mol. The summed E-state index contributed by atoms with van der Waals surface area (Å²) in [5.41, 5.74) is 3.56. The van der Waals surface area contributed by atoms with E-state index in [1.165, 1.54) is 26.2 Å². The molecule has 0 amide bonds. The van der Waals surface area contributed by atoms with Crippen molar-refractivity contribution in [3.8, 4) is 10.4 Å². The van der Waals surface area contributed by atoms with Crippen LogP contribution >= 0.6 is 11.3 Å². The van der Waals surface area contributed by atoms with Gasteiger partial charge in [0.15, 0.2) is 0 Å². The third kappa shape index (κ3) is 2.38. The SMILES string of the molecule is c1ccc(Nc2c(-c3ccccc3)sc3ccccc23)cc1. The number of nitrogens with one attached hydrogen (secondary N) is 1. The molecule has 22 heavy (non-hydrogen) atoms. The number of hydrogen-bond donors (Lipinski definition) is 1. The number of benzene rings is 3. The van der Waals surface area contributed by atoms with Crippen molar-refractivity contribution < 1.29 is 0 Å². The van der Waals surface area contributed by atoms with Gasteiger partial charge in [-0.3, -0.25) is 0 Å². The minimum atomic E-state index is 1.11. The summed E-state index contributed by atoms with van der Waals surface area (Å²) in [7, 11) is 0. The molecule has 1 heterocycles. The molecule has 3 aromatic carbocycles. The summed E-state index contributed by atoms with van der Waals surface area (Å²) in [6, 6.07) is 29.5. The molecule has 0 saturated heterocycles. The highest BCUT2D eigenvalue weighted by molar-refractivity contribution is 7.23. The molecule has 0 unspecified atom stereocenters. The van der Waals surface area contributed by atoms with Gasteiger partial charge in [0.2, 0.25) is 0 Å². The van der Waals surface area contributed by atoms with Gasteiger partial charge < -0.3 is 5.32 Å². The Morgan fingerprint density at radius 2 is 1.27 bits per heavy atom. The van der Waals surface area contributed by atoms with Crippen LogP contribution in [0.2, 0.25) is 0 Å². The average Bonchev–Trinajstić information content (AvgIpc) is 2.95. The maximum Gasteiger partial charge on any atom is 0.0653 e. The first-order valence-electron chi connectivity index (χ1n) is 7.31. The molecule has 0 aliphatic carbocycles. The zero-order valence-corrected chi connectivity index (χ0v) is 12.8. The first-order valence-corrected chi connectivity index (χ1v) is 8.12. The Morgan fingerprint density at radius 1 is 0.636 bits per heavy atom. The molecule has 2 heteroatoms. The van der Waals surface area contributed by atoms with Crippen LogP contribution in [0.5, 0.6) is 0 Å². The van der Waals surface area contributed by atoms with Crippen LogP contribution in [0, 0.1) is 0 Å². The highest BCUT2D eigenvalue weighted by Gasteiger charge is 2.13. The van der Waals surface area contributed by atoms with Gasteiger partial charge in [0.05, 0.1) is 10.6 Å². The molecule has 0 fully saturated rings. The van der Waals surface area contributed by atoms with Gasteiger partial charge in [-0.25, -0.2) is 0 Å². The third-order valence-corrected chi connectivity index (χ3v) is 4.89. The third-order valence-electron chi connectivity index (χ3n) is 3.67. The van der Waals surface area contributed by atoms with Gasteiger partial charge in [-0.2, -0.15) is 0 Å². The lowest BCUT2D eigenvalue weighted by molar-refractivity contribution is 1.59. The van der Waals surface area contributed by atoms with Crippen LogP contribution in [0.4, 0.5) is 11.4 Å². The second-order valence-electron chi connectivity index (χ2n) is 5.16. The van der Waals surface area contributed by atoms with Gasteiger partial charge in [-0.05, 0) is 23.8 Å². The first kappa shape index (κ1) is 13.1. The van der Waals surface area contributed by atoms with Gasteiger partial charge >= 0.3 is 0 Å². The molecule has 4 aromatic rings. The minimum absolute atomic E-state index is 1.11. The van der Waals surface area contributed by atoms with E-state index in [4.69, 9.17) is 0 Å². The Bertz CT molecular complexity index is 895. The van der Waals surface area contributed by atoms with Gasteiger partial charge in [0.25, 0.3) is 0 Å². The normalized spacial score (nSPS) is 10.7. The van der Waals surface area contributed by atoms with Crippen LogP contribution < -0.4 is 5.32 Å². The van der Waals surface area contributed by atoms with E-state index in [1.54, 1.807) is 0 Å². The second kappa shape index (κ2) is 5.66. The van der Waals surface area contributed by atoms with Crippen molar-refractivity contribution in [1.29, 1.82) is 0 Å². The lowest BCUT2D eigenvalue weighted by Crippen LogP contribution is -1.90. The number of hydrogen-bond acceptors (Lipinski definition) is 2. The monoisotopic (exact) mass is 301 g/mol. The fourth-order valence-corrected chi connectivity index (χ4v) is 3.79. The number of fused-ring (bicyclic) bond motifs is 1. The van der Waals surface area contributed by atoms with Gasteiger partial charge in [-0.1, -0.05) is 66.7 Å². The molecule has 4 rings (SSSR count). The summed E-state index contributed by atoms with van der Waals surface area (Å²) >= 11 is 1.83. The van der Waals surface area contributed by atoms with Gasteiger partial charge in [0.1, 0.15) is 0 Å². The van der Waals surface area contributed by atoms with Crippen molar-refractivity contribution in [1.82, 2.24) is 0 Å². The number of thiophene rings is 1. The second-order valence-corrected chi connectivity index (χ2v) is 6.21. The minimum Gasteiger partial charge on any atom is -0.354 e. The maximum atomic E-state index is 3.60. The van der Waals surface area contributed by atoms with Gasteiger partial charge in [0, 0.05) is 15.8 Å². The van der Waals surface area contributed by atoms with E-state index in [9.17, 15) is 0 Å². The fourth-order valence-electron chi connectivity index (χ4n) is 2.63. The lowest BCUT2D eigenvalue weighted by atomic mass is 10.1. The summed E-state index contributed by atoms with van der Waals surface area (Å²) < 4.78 is 1.31. The van der Waals surface area contributed by atoms with Crippen LogP contribution in [0.3, 0.4) is 0 Å². The molecule has 0 aliphatic rings. The quantitative estimate of drug-likeness (QED) is 0.467. The van der Waals surface area contributed by atoms with Crippen molar-refractivity contribution in [2.45, 2.75) is 0 Å². The Balaban J connectivity index is 1.91. The zero-order chi connectivity index (χ0) is 14.8. The molecule has 0 atom stereocenters. The predicted octanol–water partition coefficient (Wildman–Crippen LogP) is 6.31. The van der Waals surface area contributed by atoms with Crippen LogP contribution in [0.1, 0.15) is 0 Å². The first-order chi connectivity index (χ1) is 10.9. The standard InChI is InChI=1S/C20H15NS/c1-3-9-15(10-4-1)20-19(21-16-11-5-2-6-12-16)17-13-7-8-14-18(17)22-20/h1-14,21H. The Kier molecular flexibility index (Phi) is 3.37.